The van der Waals surface area contributed by atoms with Gasteiger partial charge in [0.05, 0.1) is 13.2 Å². The van der Waals surface area contributed by atoms with Crippen LogP contribution in [0, 0.1) is 0 Å². The van der Waals surface area contributed by atoms with E-state index in [0.717, 1.165) is 32.8 Å². The SMILES string of the molecule is CC(CN1CCOCC1)NC1CCCNCC1. The zero-order valence-corrected chi connectivity index (χ0v) is 11.1. The molecule has 0 spiro atoms. The van der Waals surface area contributed by atoms with Crippen LogP contribution in [0.3, 0.4) is 0 Å². The fraction of sp³-hybridized carbons (Fsp3) is 1.00. The Kier molecular flexibility index (Phi) is 5.71. The molecule has 0 aromatic carbocycles. The Hall–Kier alpha value is -0.160. The van der Waals surface area contributed by atoms with E-state index in [2.05, 4.69) is 22.5 Å². The summed E-state index contributed by atoms with van der Waals surface area (Å²) in [5.41, 5.74) is 0. The topological polar surface area (TPSA) is 36.5 Å². The number of rotatable bonds is 4. The summed E-state index contributed by atoms with van der Waals surface area (Å²) in [5, 5.41) is 7.25. The first-order valence-corrected chi connectivity index (χ1v) is 7.11. The van der Waals surface area contributed by atoms with Gasteiger partial charge in [0, 0.05) is 31.7 Å². The lowest BCUT2D eigenvalue weighted by molar-refractivity contribution is 0.0337. The summed E-state index contributed by atoms with van der Waals surface area (Å²) in [4.78, 5) is 2.51. The monoisotopic (exact) mass is 241 g/mol. The van der Waals surface area contributed by atoms with Gasteiger partial charge in [-0.2, -0.15) is 0 Å². The minimum atomic E-state index is 0.594. The van der Waals surface area contributed by atoms with E-state index in [0.29, 0.717) is 12.1 Å². The highest BCUT2D eigenvalue weighted by Crippen LogP contribution is 2.07. The van der Waals surface area contributed by atoms with Crippen molar-refractivity contribution in [1.29, 1.82) is 0 Å². The molecule has 0 amide bonds. The Labute approximate surface area is 105 Å². The average Bonchev–Trinajstić information content (AvgIpc) is 2.59. The fourth-order valence-electron chi connectivity index (χ4n) is 2.81. The first-order valence-electron chi connectivity index (χ1n) is 7.11. The van der Waals surface area contributed by atoms with E-state index in [1.807, 2.05) is 0 Å². The van der Waals surface area contributed by atoms with Crippen LogP contribution < -0.4 is 10.6 Å². The van der Waals surface area contributed by atoms with Crippen molar-refractivity contribution in [3.05, 3.63) is 0 Å². The Balaban J connectivity index is 1.66. The van der Waals surface area contributed by atoms with Gasteiger partial charge in [-0.05, 0) is 39.3 Å². The number of nitrogens with zero attached hydrogens (tertiary/aromatic N) is 1. The predicted octanol–water partition coefficient (Wildman–Crippen LogP) is 0.439. The molecule has 2 heterocycles. The Morgan fingerprint density at radius 3 is 2.94 bits per heavy atom. The van der Waals surface area contributed by atoms with Crippen molar-refractivity contribution >= 4 is 0 Å². The molecule has 17 heavy (non-hydrogen) atoms. The van der Waals surface area contributed by atoms with Gasteiger partial charge in [0.1, 0.15) is 0 Å². The van der Waals surface area contributed by atoms with Crippen molar-refractivity contribution in [1.82, 2.24) is 15.5 Å². The molecule has 0 radical (unpaired) electrons. The lowest BCUT2D eigenvalue weighted by Crippen LogP contribution is -2.47. The van der Waals surface area contributed by atoms with Crippen LogP contribution >= 0.6 is 0 Å². The molecule has 2 N–H and O–H groups in total. The van der Waals surface area contributed by atoms with Crippen molar-refractivity contribution in [2.24, 2.45) is 0 Å². The Morgan fingerprint density at radius 1 is 1.29 bits per heavy atom. The molecule has 100 valence electrons. The van der Waals surface area contributed by atoms with Crippen molar-refractivity contribution in [2.75, 3.05) is 45.9 Å². The molecule has 0 aromatic rings. The first kappa shape index (κ1) is 13.3. The number of ether oxygens (including phenoxy) is 1. The predicted molar refractivity (Wildman–Crippen MR) is 70.4 cm³/mol. The van der Waals surface area contributed by atoms with Crippen LogP contribution in [0.4, 0.5) is 0 Å². The number of hydrogen-bond acceptors (Lipinski definition) is 4. The maximum absolute atomic E-state index is 5.38. The molecule has 2 saturated heterocycles. The van der Waals surface area contributed by atoms with E-state index in [1.54, 1.807) is 0 Å². The molecule has 4 heteroatoms. The van der Waals surface area contributed by atoms with Gasteiger partial charge in [0.15, 0.2) is 0 Å². The Morgan fingerprint density at radius 2 is 2.12 bits per heavy atom. The zero-order valence-electron chi connectivity index (χ0n) is 11.1. The van der Waals surface area contributed by atoms with Crippen molar-refractivity contribution in [2.45, 2.75) is 38.3 Å². The summed E-state index contributed by atoms with van der Waals surface area (Å²) in [6, 6.07) is 1.30. The van der Waals surface area contributed by atoms with Gasteiger partial charge in [-0.25, -0.2) is 0 Å². The largest absolute Gasteiger partial charge is 0.379 e. The van der Waals surface area contributed by atoms with Crippen LogP contribution in [-0.4, -0.2) is 62.9 Å². The molecular weight excluding hydrogens is 214 g/mol. The number of hydrogen-bond donors (Lipinski definition) is 2. The molecule has 0 aliphatic carbocycles. The minimum Gasteiger partial charge on any atom is -0.379 e. The molecule has 2 rings (SSSR count). The lowest BCUT2D eigenvalue weighted by atomic mass is 10.1. The smallest absolute Gasteiger partial charge is 0.0594 e. The molecule has 2 atom stereocenters. The summed E-state index contributed by atoms with van der Waals surface area (Å²) >= 11 is 0. The molecule has 0 bridgehead atoms. The van der Waals surface area contributed by atoms with Crippen LogP contribution in [0.25, 0.3) is 0 Å². The van der Waals surface area contributed by atoms with Crippen LogP contribution in [0.5, 0.6) is 0 Å². The third kappa shape index (κ3) is 4.92. The van der Waals surface area contributed by atoms with Gasteiger partial charge in [-0.1, -0.05) is 0 Å². The van der Waals surface area contributed by atoms with Gasteiger partial charge >= 0.3 is 0 Å². The number of morpholine rings is 1. The molecule has 2 aliphatic heterocycles. The van der Waals surface area contributed by atoms with E-state index >= 15 is 0 Å². The van der Waals surface area contributed by atoms with Crippen molar-refractivity contribution in [3.63, 3.8) is 0 Å². The maximum atomic E-state index is 5.38. The third-order valence-electron chi connectivity index (χ3n) is 3.73. The van der Waals surface area contributed by atoms with Crippen LogP contribution in [0.1, 0.15) is 26.2 Å². The van der Waals surface area contributed by atoms with E-state index in [1.165, 1.54) is 32.4 Å². The highest BCUT2D eigenvalue weighted by Gasteiger charge is 2.17. The van der Waals surface area contributed by atoms with Gasteiger partial charge < -0.3 is 15.4 Å². The van der Waals surface area contributed by atoms with E-state index < -0.39 is 0 Å². The summed E-state index contributed by atoms with van der Waals surface area (Å²) in [7, 11) is 0. The lowest BCUT2D eigenvalue weighted by Gasteiger charge is -2.31. The second-order valence-corrected chi connectivity index (χ2v) is 5.36. The fourth-order valence-corrected chi connectivity index (χ4v) is 2.81. The summed E-state index contributed by atoms with van der Waals surface area (Å²) < 4.78 is 5.38. The second-order valence-electron chi connectivity index (χ2n) is 5.36. The van der Waals surface area contributed by atoms with Gasteiger partial charge in [0.25, 0.3) is 0 Å². The molecule has 2 fully saturated rings. The number of nitrogens with one attached hydrogen (secondary N) is 2. The molecule has 0 saturated carbocycles. The summed E-state index contributed by atoms with van der Waals surface area (Å²) in [6.07, 6.45) is 3.90. The molecule has 0 aromatic heterocycles. The van der Waals surface area contributed by atoms with E-state index in [4.69, 9.17) is 4.74 Å². The van der Waals surface area contributed by atoms with Gasteiger partial charge in [-0.15, -0.1) is 0 Å². The summed E-state index contributed by atoms with van der Waals surface area (Å²) in [6.45, 7) is 9.83. The molecule has 2 aliphatic rings. The maximum Gasteiger partial charge on any atom is 0.0594 e. The highest BCUT2D eigenvalue weighted by atomic mass is 16.5. The van der Waals surface area contributed by atoms with E-state index in [-0.39, 0.29) is 0 Å². The van der Waals surface area contributed by atoms with Gasteiger partial charge in [0.2, 0.25) is 0 Å². The molecule has 4 nitrogen and oxygen atoms in total. The zero-order chi connectivity index (χ0) is 11.9. The highest BCUT2D eigenvalue weighted by molar-refractivity contribution is 4.78. The Bertz CT molecular complexity index is 199. The third-order valence-corrected chi connectivity index (χ3v) is 3.73. The van der Waals surface area contributed by atoms with Crippen LogP contribution in [-0.2, 0) is 4.74 Å². The minimum absolute atomic E-state index is 0.594. The van der Waals surface area contributed by atoms with Crippen LogP contribution in [0.2, 0.25) is 0 Å². The van der Waals surface area contributed by atoms with Crippen molar-refractivity contribution in [3.8, 4) is 0 Å². The quantitative estimate of drug-likeness (QED) is 0.749. The summed E-state index contributed by atoms with van der Waals surface area (Å²) in [5.74, 6) is 0. The molecular formula is C13H27N3O. The molecule has 2 unspecified atom stereocenters. The van der Waals surface area contributed by atoms with Crippen molar-refractivity contribution < 1.29 is 4.74 Å². The standard InChI is InChI=1S/C13H27N3O/c1-12(11-16-7-9-17-10-8-16)15-13-3-2-5-14-6-4-13/h12-15H,2-11H2,1H3. The normalized spacial score (nSPS) is 29.8. The first-order chi connectivity index (χ1) is 8.34. The second kappa shape index (κ2) is 7.31. The van der Waals surface area contributed by atoms with Gasteiger partial charge in [-0.3, -0.25) is 4.90 Å². The van der Waals surface area contributed by atoms with E-state index in [9.17, 15) is 0 Å². The van der Waals surface area contributed by atoms with Crippen LogP contribution in [0.15, 0.2) is 0 Å². The average molecular weight is 241 g/mol.